The maximum atomic E-state index is 5.93. The van der Waals surface area contributed by atoms with Crippen molar-refractivity contribution in [3.05, 3.63) is 15.6 Å². The number of aryl methyl sites for hydroxylation is 1. The van der Waals surface area contributed by atoms with Crippen molar-refractivity contribution in [3.63, 3.8) is 0 Å². The van der Waals surface area contributed by atoms with Gasteiger partial charge in [0.25, 0.3) is 0 Å². The lowest BCUT2D eigenvalue weighted by Gasteiger charge is -2.25. The Morgan fingerprint density at radius 3 is 2.47 bits per heavy atom. The lowest BCUT2D eigenvalue weighted by molar-refractivity contribution is -0.0325. The zero-order valence-corrected chi connectivity index (χ0v) is 14.0. The van der Waals surface area contributed by atoms with Crippen LogP contribution in [0.2, 0.25) is 0 Å². The molecule has 0 fully saturated rings. The summed E-state index contributed by atoms with van der Waals surface area (Å²) in [5, 5.41) is 4.60. The fraction of sp³-hybridized carbons (Fsp3) is 0.800. The van der Waals surface area contributed by atoms with E-state index < -0.39 is 0 Å². The summed E-state index contributed by atoms with van der Waals surface area (Å²) < 4.78 is 5.93. The highest BCUT2D eigenvalue weighted by Gasteiger charge is 2.29. The maximum absolute atomic E-state index is 5.93. The van der Waals surface area contributed by atoms with Crippen molar-refractivity contribution in [3.8, 4) is 0 Å². The fourth-order valence-electron chi connectivity index (χ4n) is 1.95. The molecule has 1 unspecified atom stereocenters. The largest absolute Gasteiger partial charge is 0.368 e. The van der Waals surface area contributed by atoms with Gasteiger partial charge in [0.1, 0.15) is 10.6 Å². The Hall–Kier alpha value is -0.450. The predicted octanol–water partition coefficient (Wildman–Crippen LogP) is 3.87. The van der Waals surface area contributed by atoms with E-state index in [0.29, 0.717) is 6.04 Å². The number of nitrogens with zero attached hydrogens (tertiary/aromatic N) is 1. The van der Waals surface area contributed by atoms with Crippen LogP contribution in [0.1, 0.15) is 63.5 Å². The average molecular weight is 284 g/mol. The van der Waals surface area contributed by atoms with Gasteiger partial charge in [-0.1, -0.05) is 27.7 Å². The van der Waals surface area contributed by atoms with Crippen molar-refractivity contribution in [2.24, 2.45) is 0 Å². The number of ether oxygens (including phenoxy) is 1. The summed E-state index contributed by atoms with van der Waals surface area (Å²) in [6.07, 6.45) is 1.94. The van der Waals surface area contributed by atoms with E-state index in [1.165, 1.54) is 10.6 Å². The number of aromatic nitrogens is 1. The first kappa shape index (κ1) is 16.6. The molecule has 110 valence electrons. The van der Waals surface area contributed by atoms with E-state index in [4.69, 9.17) is 9.72 Å². The van der Waals surface area contributed by atoms with E-state index in [1.807, 2.05) is 6.92 Å². The van der Waals surface area contributed by atoms with Gasteiger partial charge in [-0.3, -0.25) is 0 Å². The summed E-state index contributed by atoms with van der Waals surface area (Å²) in [6, 6.07) is 0.500. The molecule has 0 aromatic carbocycles. The van der Waals surface area contributed by atoms with E-state index >= 15 is 0 Å². The second-order valence-electron chi connectivity index (χ2n) is 5.30. The van der Waals surface area contributed by atoms with Crippen LogP contribution in [0.5, 0.6) is 0 Å². The van der Waals surface area contributed by atoms with Gasteiger partial charge in [0.2, 0.25) is 0 Å². The van der Waals surface area contributed by atoms with Crippen LogP contribution in [0.3, 0.4) is 0 Å². The van der Waals surface area contributed by atoms with Crippen molar-refractivity contribution < 1.29 is 4.74 Å². The normalized spacial score (nSPS) is 14.9. The summed E-state index contributed by atoms with van der Waals surface area (Å²) in [5.41, 5.74) is 0.979. The van der Waals surface area contributed by atoms with Gasteiger partial charge in [-0.05, 0) is 26.7 Å². The Balaban J connectivity index is 2.96. The van der Waals surface area contributed by atoms with Gasteiger partial charge >= 0.3 is 0 Å². The third kappa shape index (κ3) is 4.26. The van der Waals surface area contributed by atoms with Crippen LogP contribution in [0.25, 0.3) is 0 Å². The molecule has 1 heterocycles. The SMILES string of the molecule is CCOC(C)(CC)c1nc(CC)c(CNC(C)C)s1. The van der Waals surface area contributed by atoms with Crippen LogP contribution in [0, 0.1) is 0 Å². The number of rotatable bonds is 8. The Kier molecular flexibility index (Phi) is 6.43. The van der Waals surface area contributed by atoms with E-state index in [1.54, 1.807) is 11.3 Å². The molecule has 1 aromatic heterocycles. The molecule has 0 saturated carbocycles. The van der Waals surface area contributed by atoms with E-state index in [-0.39, 0.29) is 5.60 Å². The molecule has 3 nitrogen and oxygen atoms in total. The van der Waals surface area contributed by atoms with E-state index in [9.17, 15) is 0 Å². The molecule has 0 radical (unpaired) electrons. The number of hydrogen-bond donors (Lipinski definition) is 1. The van der Waals surface area contributed by atoms with Crippen LogP contribution >= 0.6 is 11.3 Å². The minimum absolute atomic E-state index is 0.237. The summed E-state index contributed by atoms with van der Waals surface area (Å²) in [7, 11) is 0. The molecular weight excluding hydrogens is 256 g/mol. The van der Waals surface area contributed by atoms with Crippen LogP contribution in [-0.4, -0.2) is 17.6 Å². The standard InChI is InChI=1S/C15H28N2OS/c1-7-12-13(10-16-11(4)5)19-14(17-12)15(6,8-2)18-9-3/h11,16H,7-10H2,1-6H3. The Morgan fingerprint density at radius 1 is 1.32 bits per heavy atom. The van der Waals surface area contributed by atoms with Gasteiger partial charge in [-0.25, -0.2) is 4.98 Å². The molecule has 0 spiro atoms. The first-order chi connectivity index (χ1) is 8.96. The third-order valence-electron chi connectivity index (χ3n) is 3.37. The third-order valence-corrected chi connectivity index (χ3v) is 4.72. The van der Waals surface area contributed by atoms with Crippen molar-refractivity contribution in [1.82, 2.24) is 10.3 Å². The zero-order valence-electron chi connectivity index (χ0n) is 13.2. The van der Waals surface area contributed by atoms with Gasteiger partial charge in [-0.2, -0.15) is 0 Å². The highest BCUT2D eigenvalue weighted by atomic mass is 32.1. The molecule has 1 aromatic rings. The highest BCUT2D eigenvalue weighted by molar-refractivity contribution is 7.11. The fourth-order valence-corrected chi connectivity index (χ4v) is 3.23. The van der Waals surface area contributed by atoms with E-state index in [0.717, 1.165) is 31.0 Å². The van der Waals surface area contributed by atoms with Crippen molar-refractivity contribution >= 4 is 11.3 Å². The molecule has 19 heavy (non-hydrogen) atoms. The number of thiazole rings is 1. The summed E-state index contributed by atoms with van der Waals surface area (Å²) in [6.45, 7) is 14.5. The molecule has 1 atom stereocenters. The zero-order chi connectivity index (χ0) is 14.5. The summed E-state index contributed by atoms with van der Waals surface area (Å²) in [4.78, 5) is 6.17. The molecule has 0 bridgehead atoms. The molecule has 0 aliphatic carbocycles. The van der Waals surface area contributed by atoms with Crippen molar-refractivity contribution in [1.29, 1.82) is 0 Å². The summed E-state index contributed by atoms with van der Waals surface area (Å²) >= 11 is 1.80. The topological polar surface area (TPSA) is 34.1 Å². The predicted molar refractivity (Wildman–Crippen MR) is 82.7 cm³/mol. The van der Waals surface area contributed by atoms with Crippen LogP contribution in [-0.2, 0) is 23.3 Å². The Bertz CT molecular complexity index is 389. The second kappa shape index (κ2) is 7.36. The molecule has 0 amide bonds. The molecule has 0 aliphatic rings. The maximum Gasteiger partial charge on any atom is 0.125 e. The van der Waals surface area contributed by atoms with Gasteiger partial charge in [-0.15, -0.1) is 11.3 Å². The molecule has 0 saturated heterocycles. The van der Waals surface area contributed by atoms with Gasteiger partial charge < -0.3 is 10.1 Å². The molecule has 1 rings (SSSR count). The number of hydrogen-bond acceptors (Lipinski definition) is 4. The average Bonchev–Trinajstić information content (AvgIpc) is 2.80. The molecule has 1 N–H and O–H groups in total. The Labute approximate surface area is 121 Å². The quantitative estimate of drug-likeness (QED) is 0.787. The van der Waals surface area contributed by atoms with Crippen molar-refractivity contribution in [2.45, 2.75) is 72.6 Å². The molecule has 4 heteroatoms. The molecule has 0 aliphatic heterocycles. The first-order valence-electron chi connectivity index (χ1n) is 7.33. The van der Waals surface area contributed by atoms with Gasteiger partial charge in [0.15, 0.2) is 0 Å². The monoisotopic (exact) mass is 284 g/mol. The number of nitrogens with one attached hydrogen (secondary N) is 1. The van der Waals surface area contributed by atoms with Crippen LogP contribution < -0.4 is 5.32 Å². The van der Waals surface area contributed by atoms with Gasteiger partial charge in [0, 0.05) is 24.1 Å². The second-order valence-corrected chi connectivity index (χ2v) is 6.38. The van der Waals surface area contributed by atoms with Crippen LogP contribution in [0.4, 0.5) is 0 Å². The van der Waals surface area contributed by atoms with Crippen LogP contribution in [0.15, 0.2) is 0 Å². The lowest BCUT2D eigenvalue weighted by Crippen LogP contribution is -2.24. The Morgan fingerprint density at radius 2 is 2.00 bits per heavy atom. The smallest absolute Gasteiger partial charge is 0.125 e. The summed E-state index contributed by atoms with van der Waals surface area (Å²) in [5.74, 6) is 0. The van der Waals surface area contributed by atoms with E-state index in [2.05, 4.69) is 39.9 Å². The molecular formula is C15H28N2OS. The lowest BCUT2D eigenvalue weighted by atomic mass is 10.0. The minimum atomic E-state index is -0.237. The first-order valence-corrected chi connectivity index (χ1v) is 8.14. The van der Waals surface area contributed by atoms with Gasteiger partial charge in [0.05, 0.1) is 5.69 Å². The van der Waals surface area contributed by atoms with Crippen molar-refractivity contribution in [2.75, 3.05) is 6.61 Å². The highest BCUT2D eigenvalue weighted by Crippen LogP contribution is 2.34. The minimum Gasteiger partial charge on any atom is -0.368 e.